The predicted molar refractivity (Wildman–Crippen MR) is 90.1 cm³/mol. The van der Waals surface area contributed by atoms with Crippen LogP contribution in [0.25, 0.3) is 0 Å². The molecule has 0 aliphatic heterocycles. The molecule has 0 radical (unpaired) electrons. The van der Waals surface area contributed by atoms with E-state index >= 15 is 0 Å². The van der Waals surface area contributed by atoms with Gasteiger partial charge in [-0.1, -0.05) is 56.2 Å². The Morgan fingerprint density at radius 2 is 1.68 bits per heavy atom. The van der Waals surface area contributed by atoms with E-state index in [1.807, 2.05) is 0 Å². The number of para-hydroxylation sites is 2. The smallest absolute Gasteiger partial charge is 0.870 e. The fraction of sp³-hybridized carbons (Fsp3) is 0.333. The minimum atomic E-state index is -4.36. The summed E-state index contributed by atoms with van der Waals surface area (Å²) < 4.78 is 38.4. The van der Waals surface area contributed by atoms with Crippen LogP contribution in [0.2, 0.25) is 0 Å². The van der Waals surface area contributed by atoms with Gasteiger partial charge in [0.2, 0.25) is 0 Å². The second-order valence-corrected chi connectivity index (χ2v) is 6.96. The molecule has 0 atom stereocenters. The topological polar surface area (TPSA) is 86.7 Å². The van der Waals surface area contributed by atoms with E-state index in [2.05, 4.69) is 6.92 Å². The first kappa shape index (κ1) is 22.6. The molecule has 2 rings (SSSR count). The fourth-order valence-corrected chi connectivity index (χ4v) is 3.28. The van der Waals surface area contributed by atoms with Crippen LogP contribution in [-0.2, 0) is 16.5 Å². The van der Waals surface area contributed by atoms with Gasteiger partial charge in [-0.25, -0.2) is 0 Å². The maximum Gasteiger partial charge on any atom is 1.00 e. The van der Waals surface area contributed by atoms with Crippen LogP contribution in [0.3, 0.4) is 0 Å². The summed E-state index contributed by atoms with van der Waals surface area (Å²) in [6.07, 6.45) is 4.29. The third kappa shape index (κ3) is 6.67. The zero-order valence-corrected chi connectivity index (χ0v) is 18.5. The molecule has 0 bridgehead atoms. The Bertz CT molecular complexity index is 790. The fourth-order valence-electron chi connectivity index (χ4n) is 2.51. The van der Waals surface area contributed by atoms with Crippen molar-refractivity contribution in [1.82, 2.24) is 0 Å². The van der Waals surface area contributed by atoms with Crippen LogP contribution in [-0.4, -0.2) is 13.0 Å². The van der Waals surface area contributed by atoms with Crippen LogP contribution in [0.1, 0.15) is 38.2 Å². The molecule has 5 nitrogen and oxygen atoms in total. The summed E-state index contributed by atoms with van der Waals surface area (Å²) in [6.45, 7) is 2.09. The molecule has 0 saturated heterocycles. The number of ether oxygens (including phenoxy) is 1. The van der Waals surface area contributed by atoms with Gasteiger partial charge in [-0.05, 0) is 31.0 Å². The van der Waals surface area contributed by atoms with Crippen LogP contribution >= 0.6 is 0 Å². The van der Waals surface area contributed by atoms with Crippen molar-refractivity contribution in [2.75, 3.05) is 0 Å². The molecule has 0 fully saturated rings. The first-order valence-corrected chi connectivity index (χ1v) is 9.40. The number of hydrogen-bond donors (Lipinski definition) is 1. The predicted octanol–water partition coefficient (Wildman–Crippen LogP) is 0.926. The molecule has 0 aromatic heterocycles. The summed E-state index contributed by atoms with van der Waals surface area (Å²) in [5.41, 5.74) is 0.402. The van der Waals surface area contributed by atoms with Crippen molar-refractivity contribution in [3.8, 4) is 17.2 Å². The minimum Gasteiger partial charge on any atom is -0.870 e. The summed E-state index contributed by atoms with van der Waals surface area (Å²) in [5, 5.41) is 11.8. The standard InChI is InChI=1S/C18H22O5S.K/c1-2-3-4-5-9-14-16(12-8-13-18(14)24(20,21)22)23-17-11-7-6-10-15(17)19;/h6-8,10-13,19H,2-5,9H2,1H3,(H,20,21,22);/q;+1/p-1. The first-order valence-electron chi connectivity index (χ1n) is 7.96. The van der Waals surface area contributed by atoms with Crippen molar-refractivity contribution < 1.29 is 74.2 Å². The van der Waals surface area contributed by atoms with Crippen molar-refractivity contribution >= 4 is 10.1 Å². The summed E-state index contributed by atoms with van der Waals surface area (Å²) in [4.78, 5) is -0.167. The normalized spacial score (nSPS) is 11.0. The molecule has 0 heterocycles. The molecule has 130 valence electrons. The van der Waals surface area contributed by atoms with Crippen molar-refractivity contribution in [1.29, 1.82) is 0 Å². The Balaban J connectivity index is 0.00000312. The third-order valence-electron chi connectivity index (χ3n) is 3.72. The molecule has 7 heteroatoms. The van der Waals surface area contributed by atoms with E-state index in [0.717, 1.165) is 25.7 Å². The van der Waals surface area contributed by atoms with Gasteiger partial charge in [0, 0.05) is 5.56 Å². The molecule has 0 unspecified atom stereocenters. The van der Waals surface area contributed by atoms with Gasteiger partial charge in [0.05, 0.1) is 0 Å². The molecule has 1 N–H and O–H groups in total. The summed E-state index contributed by atoms with van der Waals surface area (Å²) in [7, 11) is -4.36. The van der Waals surface area contributed by atoms with Crippen LogP contribution in [0.15, 0.2) is 47.4 Å². The summed E-state index contributed by atoms with van der Waals surface area (Å²) >= 11 is 0. The first-order chi connectivity index (χ1) is 11.4. The van der Waals surface area contributed by atoms with E-state index in [-0.39, 0.29) is 73.5 Å². The molecule has 0 amide bonds. The van der Waals surface area contributed by atoms with Gasteiger partial charge >= 0.3 is 51.4 Å². The van der Waals surface area contributed by atoms with Gasteiger partial charge in [-0.2, -0.15) is 8.42 Å². The Kier molecular flexibility index (Phi) is 9.65. The monoisotopic (exact) mass is 388 g/mol. The van der Waals surface area contributed by atoms with Crippen LogP contribution < -0.4 is 61.2 Å². The van der Waals surface area contributed by atoms with Gasteiger partial charge in [0.15, 0.2) is 0 Å². The summed E-state index contributed by atoms with van der Waals surface area (Å²) in [5.74, 6) is 0.122. The van der Waals surface area contributed by atoms with E-state index in [4.69, 9.17) is 4.74 Å². The van der Waals surface area contributed by atoms with Crippen LogP contribution in [0.4, 0.5) is 0 Å². The quantitative estimate of drug-likeness (QED) is 0.413. The molecular weight excluding hydrogens is 367 g/mol. The second-order valence-electron chi connectivity index (χ2n) is 5.57. The van der Waals surface area contributed by atoms with Crippen LogP contribution in [0, 0.1) is 0 Å². The van der Waals surface area contributed by atoms with E-state index in [1.54, 1.807) is 18.2 Å². The van der Waals surface area contributed by atoms with Crippen LogP contribution in [0.5, 0.6) is 17.2 Å². The minimum absolute atomic E-state index is 0. The zero-order valence-electron chi connectivity index (χ0n) is 14.6. The molecular formula is C18H21KO5S. The van der Waals surface area contributed by atoms with Crippen molar-refractivity contribution in [3.63, 3.8) is 0 Å². The molecule has 25 heavy (non-hydrogen) atoms. The largest absolute Gasteiger partial charge is 1.00 e. The molecule has 2 aromatic carbocycles. The maximum atomic E-state index is 11.8. The van der Waals surface area contributed by atoms with Gasteiger partial charge < -0.3 is 9.84 Å². The molecule has 0 spiro atoms. The second kappa shape index (κ2) is 10.7. The number of rotatable bonds is 8. The number of benzene rings is 2. The van der Waals surface area contributed by atoms with E-state index in [9.17, 15) is 18.1 Å². The summed E-state index contributed by atoms with van der Waals surface area (Å²) in [6, 6.07) is 10.6. The Morgan fingerprint density at radius 3 is 2.32 bits per heavy atom. The van der Waals surface area contributed by atoms with E-state index < -0.39 is 10.1 Å². The molecule has 2 aromatic rings. The molecule has 0 saturated carbocycles. The van der Waals surface area contributed by atoms with Gasteiger partial charge in [0.1, 0.15) is 16.4 Å². The van der Waals surface area contributed by atoms with Crippen molar-refractivity contribution in [2.24, 2.45) is 0 Å². The number of unbranched alkanes of at least 4 members (excludes halogenated alkanes) is 3. The average Bonchev–Trinajstić information content (AvgIpc) is 2.53. The molecule has 0 aliphatic rings. The Morgan fingerprint density at radius 1 is 1.00 bits per heavy atom. The van der Waals surface area contributed by atoms with E-state index in [0.29, 0.717) is 12.0 Å². The molecule has 0 aliphatic carbocycles. The maximum absolute atomic E-state index is 11.8. The average molecular weight is 389 g/mol. The zero-order chi connectivity index (χ0) is 17.6. The number of hydrogen-bond acceptors (Lipinski definition) is 4. The van der Waals surface area contributed by atoms with Gasteiger partial charge in [-0.3, -0.25) is 4.55 Å². The van der Waals surface area contributed by atoms with Crippen molar-refractivity contribution in [2.45, 2.75) is 43.9 Å². The SMILES string of the molecule is CCCCCCc1c(Oc2ccccc2[O-])cccc1S(=O)(=O)O.[K+]. The third-order valence-corrected chi connectivity index (χ3v) is 4.66. The van der Waals surface area contributed by atoms with Crippen molar-refractivity contribution in [3.05, 3.63) is 48.0 Å². The van der Waals surface area contributed by atoms with Gasteiger partial charge in [-0.15, -0.1) is 0 Å². The Hall–Kier alpha value is -0.414. The van der Waals surface area contributed by atoms with E-state index in [1.165, 1.54) is 24.3 Å². The van der Waals surface area contributed by atoms with Gasteiger partial charge in [0.25, 0.3) is 10.1 Å². The Labute approximate surface area is 191 Å².